The molecule has 0 aliphatic rings. The summed E-state index contributed by atoms with van der Waals surface area (Å²) in [4.78, 5) is 27.5. The molecule has 5 nitrogen and oxygen atoms in total. The highest BCUT2D eigenvalue weighted by atomic mass is 19.1. The molecule has 0 saturated heterocycles. The van der Waals surface area contributed by atoms with Gasteiger partial charge in [0.25, 0.3) is 0 Å². The normalized spacial score (nSPS) is 10.8. The van der Waals surface area contributed by atoms with Gasteiger partial charge in [0.15, 0.2) is 5.43 Å². The average Bonchev–Trinajstić information content (AvgIpc) is 2.76. The van der Waals surface area contributed by atoms with E-state index >= 15 is 0 Å². The monoisotopic (exact) mass is 416 g/mol. The van der Waals surface area contributed by atoms with Crippen molar-refractivity contribution in [3.05, 3.63) is 112 Å². The van der Waals surface area contributed by atoms with Gasteiger partial charge in [-0.15, -0.1) is 0 Å². The van der Waals surface area contributed by atoms with E-state index in [4.69, 9.17) is 4.42 Å². The number of aryl methyl sites for hydroxylation is 1. The van der Waals surface area contributed by atoms with E-state index < -0.39 is 11.8 Å². The van der Waals surface area contributed by atoms with Gasteiger partial charge in [-0.2, -0.15) is 0 Å². The predicted octanol–water partition coefficient (Wildman–Crippen LogP) is 5.47. The van der Waals surface area contributed by atoms with Crippen LogP contribution in [0.1, 0.15) is 16.7 Å². The van der Waals surface area contributed by atoms with E-state index in [9.17, 15) is 14.0 Å². The summed E-state index contributed by atoms with van der Waals surface area (Å²) in [5.74, 6) is -0.446. The third-order valence-corrected chi connectivity index (χ3v) is 4.94. The lowest BCUT2D eigenvalue weighted by Gasteiger charge is -2.23. The Morgan fingerprint density at radius 2 is 1.81 bits per heavy atom. The molecule has 4 rings (SSSR count). The van der Waals surface area contributed by atoms with E-state index in [1.54, 1.807) is 18.2 Å². The maximum atomic E-state index is 13.5. The van der Waals surface area contributed by atoms with Crippen molar-refractivity contribution in [2.45, 2.75) is 20.0 Å². The smallest absolute Gasteiger partial charge is 0.322 e. The number of anilines is 1. The second kappa shape index (κ2) is 8.83. The van der Waals surface area contributed by atoms with E-state index in [-0.39, 0.29) is 18.5 Å². The average molecular weight is 416 g/mol. The molecule has 0 aliphatic carbocycles. The summed E-state index contributed by atoms with van der Waals surface area (Å²) in [6.45, 7) is 2.22. The quantitative estimate of drug-likeness (QED) is 0.469. The molecule has 0 aliphatic heterocycles. The van der Waals surface area contributed by atoms with Gasteiger partial charge in [-0.1, -0.05) is 48.0 Å². The Morgan fingerprint density at radius 3 is 2.58 bits per heavy atom. The van der Waals surface area contributed by atoms with Crippen molar-refractivity contribution < 1.29 is 13.6 Å². The van der Waals surface area contributed by atoms with Crippen LogP contribution >= 0.6 is 0 Å². The summed E-state index contributed by atoms with van der Waals surface area (Å²) in [7, 11) is 0. The van der Waals surface area contributed by atoms with Gasteiger partial charge >= 0.3 is 6.03 Å². The lowest BCUT2D eigenvalue weighted by Crippen LogP contribution is -2.35. The fourth-order valence-corrected chi connectivity index (χ4v) is 3.37. The largest absolute Gasteiger partial charge is 0.464 e. The zero-order valence-electron chi connectivity index (χ0n) is 17.0. The predicted molar refractivity (Wildman–Crippen MR) is 118 cm³/mol. The molecule has 3 aromatic carbocycles. The molecule has 0 unspecified atom stereocenters. The van der Waals surface area contributed by atoms with Crippen LogP contribution in [0.4, 0.5) is 14.9 Å². The maximum Gasteiger partial charge on any atom is 0.322 e. The first kappa shape index (κ1) is 20.3. The SMILES string of the molecule is Cc1ccc2occ(CN(Cc3ccccc3)C(=O)Nc3cccc(F)c3)c(=O)c2c1. The van der Waals surface area contributed by atoms with Crippen molar-refractivity contribution in [1.82, 2.24) is 4.90 Å². The van der Waals surface area contributed by atoms with E-state index in [1.165, 1.54) is 29.4 Å². The highest BCUT2D eigenvalue weighted by molar-refractivity contribution is 5.89. The van der Waals surface area contributed by atoms with Gasteiger partial charge in [-0.05, 0) is 42.8 Å². The molecule has 0 fully saturated rings. The van der Waals surface area contributed by atoms with Crippen LogP contribution in [0, 0.1) is 12.7 Å². The number of nitrogens with one attached hydrogen (secondary N) is 1. The van der Waals surface area contributed by atoms with Crippen LogP contribution in [0.25, 0.3) is 11.0 Å². The van der Waals surface area contributed by atoms with Crippen LogP contribution in [0.3, 0.4) is 0 Å². The van der Waals surface area contributed by atoms with Gasteiger partial charge in [0.1, 0.15) is 11.4 Å². The number of benzene rings is 3. The van der Waals surface area contributed by atoms with Gasteiger partial charge in [0.2, 0.25) is 0 Å². The zero-order chi connectivity index (χ0) is 21.8. The summed E-state index contributed by atoms with van der Waals surface area (Å²) in [5, 5.41) is 3.18. The number of nitrogens with zero attached hydrogens (tertiary/aromatic N) is 1. The number of halogens is 1. The first-order valence-corrected chi connectivity index (χ1v) is 9.86. The maximum absolute atomic E-state index is 13.5. The minimum atomic E-state index is -0.446. The summed E-state index contributed by atoms with van der Waals surface area (Å²) in [6, 6.07) is 20.1. The molecular weight excluding hydrogens is 395 g/mol. The number of urea groups is 1. The van der Waals surface area contributed by atoms with Crippen molar-refractivity contribution >= 4 is 22.7 Å². The van der Waals surface area contributed by atoms with Crippen LogP contribution in [-0.4, -0.2) is 10.9 Å². The summed E-state index contributed by atoms with van der Waals surface area (Å²) in [6.07, 6.45) is 1.40. The molecule has 4 aromatic rings. The Morgan fingerprint density at radius 1 is 1.00 bits per heavy atom. The van der Waals surface area contributed by atoms with E-state index in [0.29, 0.717) is 22.2 Å². The molecule has 0 radical (unpaired) electrons. The molecule has 1 heterocycles. The molecule has 31 heavy (non-hydrogen) atoms. The van der Waals surface area contributed by atoms with Gasteiger partial charge in [-0.25, -0.2) is 9.18 Å². The lowest BCUT2D eigenvalue weighted by atomic mass is 10.1. The summed E-state index contributed by atoms with van der Waals surface area (Å²) >= 11 is 0. The number of rotatable bonds is 5. The van der Waals surface area contributed by atoms with Gasteiger partial charge in [0.05, 0.1) is 23.8 Å². The number of carbonyl (C=O) groups excluding carboxylic acids is 1. The van der Waals surface area contributed by atoms with Crippen LogP contribution in [-0.2, 0) is 13.1 Å². The topological polar surface area (TPSA) is 62.6 Å². The first-order chi connectivity index (χ1) is 15.0. The van der Waals surface area contributed by atoms with Crippen LogP contribution in [0.5, 0.6) is 0 Å². The highest BCUT2D eigenvalue weighted by Gasteiger charge is 2.18. The van der Waals surface area contributed by atoms with E-state index in [1.807, 2.05) is 43.3 Å². The molecule has 0 atom stereocenters. The standard InChI is InChI=1S/C25H21FN2O3/c1-17-10-11-23-22(12-17)24(29)19(16-31-23)15-28(14-18-6-3-2-4-7-18)25(30)27-21-9-5-8-20(26)13-21/h2-13,16H,14-15H2,1H3,(H,27,30). The van der Waals surface area contributed by atoms with Crippen molar-refractivity contribution in [2.24, 2.45) is 0 Å². The Balaban J connectivity index is 1.65. The van der Waals surface area contributed by atoms with Crippen molar-refractivity contribution in [3.8, 4) is 0 Å². The Hall–Kier alpha value is -3.93. The van der Waals surface area contributed by atoms with Crippen molar-refractivity contribution in [3.63, 3.8) is 0 Å². The summed E-state index contributed by atoms with van der Waals surface area (Å²) in [5.41, 5.74) is 2.87. The van der Waals surface area contributed by atoms with E-state index in [0.717, 1.165) is 11.1 Å². The Bertz CT molecular complexity index is 1280. The minimum absolute atomic E-state index is 0.0439. The molecule has 1 aromatic heterocycles. The van der Waals surface area contributed by atoms with E-state index in [2.05, 4.69) is 5.32 Å². The van der Waals surface area contributed by atoms with Crippen molar-refractivity contribution in [2.75, 3.05) is 5.32 Å². The second-order valence-corrected chi connectivity index (χ2v) is 7.37. The van der Waals surface area contributed by atoms with Crippen LogP contribution in [0.2, 0.25) is 0 Å². The number of hydrogen-bond acceptors (Lipinski definition) is 3. The third-order valence-electron chi connectivity index (χ3n) is 4.94. The minimum Gasteiger partial charge on any atom is -0.464 e. The molecule has 6 heteroatoms. The van der Waals surface area contributed by atoms with Gasteiger partial charge < -0.3 is 14.6 Å². The van der Waals surface area contributed by atoms with Crippen LogP contribution < -0.4 is 10.7 Å². The fourth-order valence-electron chi connectivity index (χ4n) is 3.37. The summed E-state index contributed by atoms with van der Waals surface area (Å²) < 4.78 is 19.2. The zero-order valence-corrected chi connectivity index (χ0v) is 17.0. The lowest BCUT2D eigenvalue weighted by molar-refractivity contribution is 0.206. The number of amides is 2. The molecule has 2 amide bonds. The molecule has 0 saturated carbocycles. The third kappa shape index (κ3) is 4.80. The van der Waals surface area contributed by atoms with Crippen molar-refractivity contribution in [1.29, 1.82) is 0 Å². The Labute approximate surface area is 178 Å². The Kier molecular flexibility index (Phi) is 5.80. The fraction of sp³-hybridized carbons (Fsp3) is 0.120. The molecule has 1 N–H and O–H groups in total. The number of fused-ring (bicyclic) bond motifs is 1. The second-order valence-electron chi connectivity index (χ2n) is 7.37. The number of hydrogen-bond donors (Lipinski definition) is 1. The molecular formula is C25H21FN2O3. The molecule has 0 bridgehead atoms. The molecule has 0 spiro atoms. The van der Waals surface area contributed by atoms with Gasteiger partial charge in [0, 0.05) is 12.2 Å². The molecule has 156 valence electrons. The van der Waals surface area contributed by atoms with Crippen LogP contribution in [0.15, 0.2) is 88.3 Å². The number of carbonyl (C=O) groups is 1. The highest BCUT2D eigenvalue weighted by Crippen LogP contribution is 2.17. The van der Waals surface area contributed by atoms with Gasteiger partial charge in [-0.3, -0.25) is 4.79 Å². The first-order valence-electron chi connectivity index (χ1n) is 9.86.